The number of benzene rings is 1. The molecule has 0 saturated carbocycles. The highest BCUT2D eigenvalue weighted by Gasteiger charge is 2.08. The predicted octanol–water partition coefficient (Wildman–Crippen LogP) is 4.33. The third-order valence-electron chi connectivity index (χ3n) is 3.47. The van der Waals surface area contributed by atoms with Crippen molar-refractivity contribution in [3.8, 4) is 11.8 Å². The van der Waals surface area contributed by atoms with E-state index in [1.807, 2.05) is 12.1 Å². The Morgan fingerprint density at radius 2 is 1.95 bits per heavy atom. The van der Waals surface area contributed by atoms with Gasteiger partial charge < -0.3 is 5.73 Å². The van der Waals surface area contributed by atoms with E-state index in [9.17, 15) is 4.39 Å². The molecular weight excluding hydrogens is 249 g/mol. The van der Waals surface area contributed by atoms with Crippen LogP contribution in [0.2, 0.25) is 0 Å². The molecule has 0 radical (unpaired) electrons. The minimum atomic E-state index is 0.500. The maximum absolute atomic E-state index is 9.50. The molecule has 1 aliphatic rings. The summed E-state index contributed by atoms with van der Waals surface area (Å²) in [6.07, 6.45) is 7.28. The molecule has 2 heteroatoms. The first kappa shape index (κ1) is 16.3. The molecule has 1 atom stereocenters. The summed E-state index contributed by atoms with van der Waals surface area (Å²) < 4.78 is 9.50. The summed E-state index contributed by atoms with van der Waals surface area (Å²) in [5.74, 6) is 7.24. The van der Waals surface area contributed by atoms with Gasteiger partial charge in [0.15, 0.2) is 0 Å². The topological polar surface area (TPSA) is 26.0 Å². The van der Waals surface area contributed by atoms with Crippen LogP contribution in [0.1, 0.15) is 43.2 Å². The quantitative estimate of drug-likeness (QED) is 0.815. The van der Waals surface area contributed by atoms with Gasteiger partial charge in [-0.2, -0.15) is 0 Å². The molecule has 2 N–H and O–H groups in total. The van der Waals surface area contributed by atoms with E-state index < -0.39 is 0 Å². The molecule has 0 aromatic heterocycles. The van der Waals surface area contributed by atoms with Crippen LogP contribution in [0.15, 0.2) is 30.8 Å². The summed E-state index contributed by atoms with van der Waals surface area (Å²) >= 11 is 0. The highest BCUT2D eigenvalue weighted by Crippen LogP contribution is 2.19. The summed E-state index contributed by atoms with van der Waals surface area (Å²) in [6, 6.07) is 8.39. The predicted molar refractivity (Wildman–Crippen MR) is 84.8 cm³/mol. The zero-order valence-electron chi connectivity index (χ0n) is 12.3. The number of hydrogen-bond acceptors (Lipinski definition) is 1. The Kier molecular flexibility index (Phi) is 7.50. The van der Waals surface area contributed by atoms with Gasteiger partial charge in [-0.25, -0.2) is 0 Å². The monoisotopic (exact) mass is 273 g/mol. The van der Waals surface area contributed by atoms with Crippen LogP contribution in [-0.2, 0) is 6.42 Å². The van der Waals surface area contributed by atoms with Gasteiger partial charge in [-0.15, -0.1) is 5.92 Å². The van der Waals surface area contributed by atoms with Crippen molar-refractivity contribution in [2.45, 2.75) is 38.5 Å². The zero-order chi connectivity index (χ0) is 14.8. The Morgan fingerprint density at radius 3 is 2.60 bits per heavy atom. The van der Waals surface area contributed by atoms with E-state index >= 15 is 0 Å². The van der Waals surface area contributed by atoms with Crippen LogP contribution in [0.4, 0.5) is 4.39 Å². The molecule has 20 heavy (non-hydrogen) atoms. The molecule has 0 heterocycles. The van der Waals surface area contributed by atoms with Gasteiger partial charge in [0.1, 0.15) is 0 Å². The fraction of sp³-hybridized carbons (Fsp3) is 0.444. The second-order valence-electron chi connectivity index (χ2n) is 5.04. The summed E-state index contributed by atoms with van der Waals surface area (Å²) in [7, 11) is 0.500. The lowest BCUT2D eigenvalue weighted by Crippen LogP contribution is -2.04. The molecule has 1 nitrogen and oxygen atoms in total. The maximum atomic E-state index is 9.50. The number of alkyl halides is 1. The summed E-state index contributed by atoms with van der Waals surface area (Å²) in [5.41, 5.74) is 8.66. The van der Waals surface area contributed by atoms with Crippen molar-refractivity contribution in [3.05, 3.63) is 42.0 Å². The molecule has 108 valence electrons. The normalized spacial score (nSPS) is 17.6. The average molecular weight is 273 g/mol. The highest BCUT2D eigenvalue weighted by molar-refractivity contribution is 5.60. The Labute approximate surface area is 122 Å². The van der Waals surface area contributed by atoms with Gasteiger partial charge in [0, 0.05) is 18.0 Å². The molecule has 1 aliphatic carbocycles. The number of hydrogen-bond donors (Lipinski definition) is 1. The van der Waals surface area contributed by atoms with Gasteiger partial charge in [-0.1, -0.05) is 49.6 Å². The summed E-state index contributed by atoms with van der Waals surface area (Å²) in [4.78, 5) is 0. The van der Waals surface area contributed by atoms with Crippen LogP contribution in [0, 0.1) is 17.8 Å². The fourth-order valence-corrected chi connectivity index (χ4v) is 2.36. The standard InChI is InChI=1S/C17H21N.CH3F/c1-14(18)17-11-9-16(10-12-17)13-15-7-5-3-2-4-6-8-15;1-2/h9-12,15H,1-5,7,13,18H2;1H3. The molecular formula is C18H24FN. The smallest absolute Gasteiger partial charge is 0.0785 e. The van der Waals surface area contributed by atoms with Gasteiger partial charge >= 0.3 is 0 Å². The number of nitrogens with two attached hydrogens (primary N) is 1. The molecule has 0 aliphatic heterocycles. The van der Waals surface area contributed by atoms with Crippen LogP contribution >= 0.6 is 0 Å². The molecule has 0 bridgehead atoms. The molecule has 2 rings (SSSR count). The Morgan fingerprint density at radius 1 is 1.25 bits per heavy atom. The average Bonchev–Trinajstić information content (AvgIpc) is 2.44. The Bertz CT molecular complexity index is 464. The van der Waals surface area contributed by atoms with Gasteiger partial charge in [0.2, 0.25) is 0 Å². The van der Waals surface area contributed by atoms with Crippen molar-refractivity contribution in [2.75, 3.05) is 7.18 Å². The third-order valence-corrected chi connectivity index (χ3v) is 3.47. The molecule has 0 fully saturated rings. The Balaban J connectivity index is 0.000000956. The van der Waals surface area contributed by atoms with Crippen molar-refractivity contribution >= 4 is 5.70 Å². The molecule has 0 saturated heterocycles. The number of rotatable bonds is 3. The largest absolute Gasteiger partial charge is 0.399 e. The molecule has 1 aromatic carbocycles. The van der Waals surface area contributed by atoms with Crippen LogP contribution in [-0.4, -0.2) is 7.18 Å². The highest BCUT2D eigenvalue weighted by atomic mass is 19.1. The second-order valence-corrected chi connectivity index (χ2v) is 5.04. The lowest BCUT2D eigenvalue weighted by atomic mass is 9.92. The first-order valence-corrected chi connectivity index (χ1v) is 7.15. The van der Waals surface area contributed by atoms with Crippen molar-refractivity contribution in [1.29, 1.82) is 0 Å². The third kappa shape index (κ3) is 5.48. The number of halogens is 1. The van der Waals surface area contributed by atoms with E-state index in [0.29, 0.717) is 18.8 Å². The lowest BCUT2D eigenvalue weighted by molar-refractivity contribution is 0.537. The van der Waals surface area contributed by atoms with E-state index in [4.69, 9.17) is 5.73 Å². The van der Waals surface area contributed by atoms with E-state index in [0.717, 1.165) is 18.4 Å². The first-order valence-electron chi connectivity index (χ1n) is 7.15. The molecule has 0 amide bonds. The van der Waals surface area contributed by atoms with Crippen LogP contribution < -0.4 is 5.73 Å². The van der Waals surface area contributed by atoms with Gasteiger partial charge in [-0.05, 0) is 30.4 Å². The lowest BCUT2D eigenvalue weighted by Gasteiger charge is -2.13. The molecule has 1 aromatic rings. The van der Waals surface area contributed by atoms with E-state index in [1.165, 1.54) is 31.2 Å². The summed E-state index contributed by atoms with van der Waals surface area (Å²) in [5, 5.41) is 0. The first-order chi connectivity index (χ1) is 9.75. The van der Waals surface area contributed by atoms with Gasteiger partial charge in [-0.3, -0.25) is 4.39 Å². The van der Waals surface area contributed by atoms with Crippen molar-refractivity contribution < 1.29 is 4.39 Å². The van der Waals surface area contributed by atoms with E-state index in [1.54, 1.807) is 0 Å². The van der Waals surface area contributed by atoms with Crippen LogP contribution in [0.25, 0.3) is 5.70 Å². The van der Waals surface area contributed by atoms with Crippen LogP contribution in [0.5, 0.6) is 0 Å². The van der Waals surface area contributed by atoms with Crippen molar-refractivity contribution in [1.82, 2.24) is 0 Å². The molecule has 0 spiro atoms. The zero-order valence-corrected chi connectivity index (χ0v) is 12.3. The second kappa shape index (κ2) is 9.20. The van der Waals surface area contributed by atoms with Crippen LogP contribution in [0.3, 0.4) is 0 Å². The maximum Gasteiger partial charge on any atom is 0.0785 e. The minimum Gasteiger partial charge on any atom is -0.399 e. The SMILES string of the molecule is C=C(N)c1ccc(CC2C#CCCCCC2)cc1.CF. The van der Waals surface area contributed by atoms with Gasteiger partial charge in [0.05, 0.1) is 7.18 Å². The molecule has 1 unspecified atom stereocenters. The van der Waals surface area contributed by atoms with Crippen molar-refractivity contribution in [2.24, 2.45) is 11.7 Å². The van der Waals surface area contributed by atoms with E-state index in [-0.39, 0.29) is 0 Å². The van der Waals surface area contributed by atoms with Gasteiger partial charge in [0.25, 0.3) is 0 Å². The fourth-order valence-electron chi connectivity index (χ4n) is 2.36. The Hall–Kier alpha value is -1.75. The summed E-state index contributed by atoms with van der Waals surface area (Å²) in [6.45, 7) is 3.75. The van der Waals surface area contributed by atoms with Crippen molar-refractivity contribution in [3.63, 3.8) is 0 Å². The minimum absolute atomic E-state index is 0.500. The van der Waals surface area contributed by atoms with E-state index in [2.05, 4.69) is 30.6 Å².